The van der Waals surface area contributed by atoms with Gasteiger partial charge in [-0.25, -0.2) is 4.98 Å². The maximum absolute atomic E-state index is 12.5. The number of aromatic nitrogens is 2. The molecule has 0 fully saturated rings. The normalized spacial score (nSPS) is 10.8. The highest BCUT2D eigenvalue weighted by Gasteiger charge is 2.19. The quantitative estimate of drug-likeness (QED) is 0.687. The molecule has 0 saturated heterocycles. The summed E-state index contributed by atoms with van der Waals surface area (Å²) in [6.07, 6.45) is 5.26. The van der Waals surface area contributed by atoms with Gasteiger partial charge in [-0.15, -0.1) is 0 Å². The zero-order valence-electron chi connectivity index (χ0n) is 14.9. The van der Waals surface area contributed by atoms with E-state index in [1.165, 1.54) is 23.0 Å². The Hall–Kier alpha value is -2.82. The topological polar surface area (TPSA) is 51.3 Å². The van der Waals surface area contributed by atoms with Gasteiger partial charge in [0.25, 0.3) is 5.91 Å². The highest BCUT2D eigenvalue weighted by molar-refractivity contribution is 5.91. The second-order valence-electron chi connectivity index (χ2n) is 6.20. The number of nitrogens with zero attached hydrogens (tertiary/aromatic N) is 3. The third-order valence-corrected chi connectivity index (χ3v) is 4.38. The first-order valence-electron chi connectivity index (χ1n) is 8.47. The fourth-order valence-electron chi connectivity index (χ4n) is 2.84. The summed E-state index contributed by atoms with van der Waals surface area (Å²) < 4.78 is 7.33. The van der Waals surface area contributed by atoms with Crippen LogP contribution < -0.4 is 0 Å². The van der Waals surface area contributed by atoms with Crippen LogP contribution in [0.15, 0.2) is 53.4 Å². The van der Waals surface area contributed by atoms with Crippen molar-refractivity contribution in [1.29, 1.82) is 0 Å². The van der Waals surface area contributed by atoms with Crippen molar-refractivity contribution >= 4 is 5.91 Å². The minimum absolute atomic E-state index is 0.117. The lowest BCUT2D eigenvalue weighted by Gasteiger charge is -2.20. The Labute approximate surface area is 147 Å². The monoisotopic (exact) mass is 337 g/mol. The van der Waals surface area contributed by atoms with Crippen LogP contribution in [0.5, 0.6) is 0 Å². The van der Waals surface area contributed by atoms with Gasteiger partial charge >= 0.3 is 0 Å². The average Bonchev–Trinajstić information content (AvgIpc) is 3.27. The molecule has 1 aromatic carbocycles. The summed E-state index contributed by atoms with van der Waals surface area (Å²) in [5.74, 6) is 1.10. The Morgan fingerprint density at radius 3 is 2.84 bits per heavy atom. The summed E-state index contributed by atoms with van der Waals surface area (Å²) >= 11 is 0. The molecule has 130 valence electrons. The smallest absolute Gasteiger partial charge is 0.289 e. The molecule has 2 aromatic heterocycles. The minimum atomic E-state index is -0.117. The number of amides is 1. The number of aryl methyl sites for hydroxylation is 2. The molecule has 0 spiro atoms. The molecule has 0 aliphatic carbocycles. The van der Waals surface area contributed by atoms with Gasteiger partial charge in [0.05, 0.1) is 12.8 Å². The summed E-state index contributed by atoms with van der Waals surface area (Å²) in [7, 11) is 0. The fraction of sp³-hybridized carbons (Fsp3) is 0.300. The van der Waals surface area contributed by atoms with Crippen LogP contribution in [0.4, 0.5) is 0 Å². The van der Waals surface area contributed by atoms with Gasteiger partial charge in [0.1, 0.15) is 5.82 Å². The molecule has 0 aliphatic heterocycles. The van der Waals surface area contributed by atoms with E-state index in [0.29, 0.717) is 18.8 Å². The van der Waals surface area contributed by atoms with Crippen LogP contribution in [0.1, 0.15) is 40.0 Å². The van der Waals surface area contributed by atoms with Crippen molar-refractivity contribution in [3.8, 4) is 0 Å². The SMILES string of the molecule is CCN(Cc1nccn1Cc1cc(C)ccc1C)C(=O)c1ccco1. The van der Waals surface area contributed by atoms with Crippen molar-refractivity contribution in [2.45, 2.75) is 33.9 Å². The lowest BCUT2D eigenvalue weighted by molar-refractivity contribution is 0.0714. The van der Waals surface area contributed by atoms with E-state index in [4.69, 9.17) is 4.42 Å². The molecule has 5 nitrogen and oxygen atoms in total. The molecule has 0 radical (unpaired) electrons. The van der Waals surface area contributed by atoms with Crippen LogP contribution in [0, 0.1) is 13.8 Å². The van der Waals surface area contributed by atoms with Gasteiger partial charge in [-0.1, -0.05) is 23.8 Å². The third kappa shape index (κ3) is 3.82. The fourth-order valence-corrected chi connectivity index (χ4v) is 2.84. The van der Waals surface area contributed by atoms with Gasteiger partial charge in [-0.3, -0.25) is 4.79 Å². The molecule has 1 amide bonds. The maximum Gasteiger partial charge on any atom is 0.289 e. The number of benzene rings is 1. The summed E-state index contributed by atoms with van der Waals surface area (Å²) in [6.45, 7) is 7.96. The summed E-state index contributed by atoms with van der Waals surface area (Å²) in [4.78, 5) is 18.7. The number of rotatable bonds is 6. The van der Waals surface area contributed by atoms with Crippen LogP contribution in [-0.4, -0.2) is 26.9 Å². The molecule has 5 heteroatoms. The highest BCUT2D eigenvalue weighted by atomic mass is 16.3. The van der Waals surface area contributed by atoms with E-state index in [1.54, 1.807) is 23.2 Å². The van der Waals surface area contributed by atoms with Crippen LogP contribution >= 0.6 is 0 Å². The first-order valence-corrected chi connectivity index (χ1v) is 8.47. The van der Waals surface area contributed by atoms with Gasteiger partial charge < -0.3 is 13.9 Å². The first-order chi connectivity index (χ1) is 12.1. The molecule has 0 saturated carbocycles. The number of hydrogen-bond acceptors (Lipinski definition) is 3. The molecule has 3 aromatic rings. The zero-order valence-corrected chi connectivity index (χ0v) is 14.9. The molecule has 2 heterocycles. The van der Waals surface area contributed by atoms with E-state index in [0.717, 1.165) is 12.4 Å². The van der Waals surface area contributed by atoms with Crippen molar-refractivity contribution in [3.05, 3.63) is 77.3 Å². The van der Waals surface area contributed by atoms with Gasteiger partial charge in [0, 0.05) is 25.5 Å². The molecule has 25 heavy (non-hydrogen) atoms. The van der Waals surface area contributed by atoms with Crippen LogP contribution in [0.25, 0.3) is 0 Å². The van der Waals surface area contributed by atoms with E-state index in [9.17, 15) is 4.79 Å². The summed E-state index contributed by atoms with van der Waals surface area (Å²) in [5, 5.41) is 0. The number of imidazole rings is 1. The van der Waals surface area contributed by atoms with E-state index in [2.05, 4.69) is 41.6 Å². The van der Waals surface area contributed by atoms with E-state index in [1.807, 2.05) is 13.1 Å². The maximum atomic E-state index is 12.5. The first kappa shape index (κ1) is 17.0. The van der Waals surface area contributed by atoms with Crippen LogP contribution in [0.3, 0.4) is 0 Å². The molecule has 3 rings (SSSR count). The Balaban J connectivity index is 1.79. The minimum Gasteiger partial charge on any atom is -0.459 e. The average molecular weight is 337 g/mol. The predicted molar refractivity (Wildman–Crippen MR) is 96.4 cm³/mol. The van der Waals surface area contributed by atoms with E-state index >= 15 is 0 Å². The van der Waals surface area contributed by atoms with Gasteiger partial charge in [0.2, 0.25) is 0 Å². The van der Waals surface area contributed by atoms with Crippen molar-refractivity contribution in [1.82, 2.24) is 14.5 Å². The van der Waals surface area contributed by atoms with E-state index in [-0.39, 0.29) is 5.91 Å². The van der Waals surface area contributed by atoms with Gasteiger partial charge in [0.15, 0.2) is 5.76 Å². The van der Waals surface area contributed by atoms with Gasteiger partial charge in [-0.05, 0) is 44.0 Å². The van der Waals surface area contributed by atoms with Crippen molar-refractivity contribution in [3.63, 3.8) is 0 Å². The number of furan rings is 1. The highest BCUT2D eigenvalue weighted by Crippen LogP contribution is 2.15. The summed E-state index contributed by atoms with van der Waals surface area (Å²) in [6, 6.07) is 9.87. The van der Waals surface area contributed by atoms with Crippen molar-refractivity contribution in [2.24, 2.45) is 0 Å². The van der Waals surface area contributed by atoms with E-state index < -0.39 is 0 Å². The Morgan fingerprint density at radius 1 is 1.28 bits per heavy atom. The number of carbonyl (C=O) groups excluding carboxylic acids is 1. The Bertz CT molecular complexity index is 850. The van der Waals surface area contributed by atoms with Crippen molar-refractivity contribution in [2.75, 3.05) is 6.54 Å². The second kappa shape index (κ2) is 7.38. The number of hydrogen-bond donors (Lipinski definition) is 0. The number of carbonyl (C=O) groups is 1. The molecular formula is C20H23N3O2. The molecule has 0 bridgehead atoms. The van der Waals surface area contributed by atoms with Crippen LogP contribution in [-0.2, 0) is 13.1 Å². The van der Waals surface area contributed by atoms with Gasteiger partial charge in [-0.2, -0.15) is 0 Å². The molecule has 0 N–H and O–H groups in total. The standard InChI is InChI=1S/C20H23N3O2/c1-4-22(20(24)18-6-5-11-25-18)14-19-21-9-10-23(19)13-17-12-15(2)7-8-16(17)3/h5-12H,4,13-14H2,1-3H3. The third-order valence-electron chi connectivity index (χ3n) is 4.38. The largest absolute Gasteiger partial charge is 0.459 e. The molecular weight excluding hydrogens is 314 g/mol. The molecule has 0 unspecified atom stereocenters. The Morgan fingerprint density at radius 2 is 2.12 bits per heavy atom. The Kier molecular flexibility index (Phi) is 5.03. The second-order valence-corrected chi connectivity index (χ2v) is 6.20. The predicted octanol–water partition coefficient (Wildman–Crippen LogP) is 3.80. The molecule has 0 aliphatic rings. The zero-order chi connectivity index (χ0) is 17.8. The summed E-state index contributed by atoms with van der Waals surface area (Å²) in [5.41, 5.74) is 3.76. The lowest BCUT2D eigenvalue weighted by atomic mass is 10.1. The van der Waals surface area contributed by atoms with Crippen LogP contribution in [0.2, 0.25) is 0 Å². The lowest BCUT2D eigenvalue weighted by Crippen LogP contribution is -2.31. The van der Waals surface area contributed by atoms with Crippen molar-refractivity contribution < 1.29 is 9.21 Å². The molecule has 0 atom stereocenters.